The topological polar surface area (TPSA) is 44.0 Å². The van der Waals surface area contributed by atoms with Crippen LogP contribution in [-0.2, 0) is 78.6 Å². The number of hydrogen-bond acceptors (Lipinski definition) is 0. The van der Waals surface area contributed by atoms with Crippen LogP contribution in [0.1, 0.15) is 232 Å². The third-order valence-electron chi connectivity index (χ3n) is 31.6. The van der Waals surface area contributed by atoms with Crippen LogP contribution in [0.4, 0.5) is 0 Å². The van der Waals surface area contributed by atoms with Crippen LogP contribution >= 0.6 is 0 Å². The molecule has 9 heterocycles. The molecule has 0 radical (unpaired) electrons. The highest BCUT2D eigenvalue weighted by Gasteiger charge is 2.56. The summed E-state index contributed by atoms with van der Waals surface area (Å²) in [7, 11) is 10.7. The van der Waals surface area contributed by atoms with E-state index in [4.69, 9.17) is 4.11 Å². The van der Waals surface area contributed by atoms with Crippen molar-refractivity contribution in [2.24, 2.45) is 35.2 Å². The lowest BCUT2D eigenvalue weighted by molar-refractivity contribution is -0.745. The first kappa shape index (κ1) is 86.0. The van der Waals surface area contributed by atoms with Gasteiger partial charge in [0, 0.05) is 59.1 Å². The number of aryl methyl sites for hydroxylation is 17. The van der Waals surface area contributed by atoms with E-state index in [1.807, 2.05) is 32.2 Å². The van der Waals surface area contributed by atoms with Gasteiger partial charge in [0.15, 0.2) is 41.4 Å². The zero-order valence-electron chi connectivity index (χ0n) is 85.5. The molecule has 127 heavy (non-hydrogen) atoms. The second-order valence-corrected chi connectivity index (χ2v) is 41.6. The van der Waals surface area contributed by atoms with Crippen LogP contribution in [0, 0.1) is 89.9 Å². The van der Waals surface area contributed by atoms with Crippen LogP contribution in [0.2, 0.25) is 0 Å². The summed E-state index contributed by atoms with van der Waals surface area (Å²) in [6, 6.07) is 73.4. The zero-order chi connectivity index (χ0) is 94.6. The van der Waals surface area contributed by atoms with Crippen LogP contribution in [-0.4, -0.2) is 23.4 Å². The average molecular weight is 1690 g/mol. The Balaban J connectivity index is 0.000000126. The number of benzene rings is 10. The molecule has 0 saturated heterocycles. The van der Waals surface area contributed by atoms with Gasteiger partial charge in [0.25, 0.3) is 0 Å². The summed E-state index contributed by atoms with van der Waals surface area (Å²) in [5.41, 5.74) is 45.9. The van der Waals surface area contributed by atoms with Crippen LogP contribution in [0.5, 0.6) is 0 Å². The van der Waals surface area contributed by atoms with Gasteiger partial charge >= 0.3 is 0 Å². The lowest BCUT2D eigenvalue weighted by atomic mass is 9.59. The predicted molar refractivity (Wildman–Crippen MR) is 528 cm³/mol. The minimum absolute atomic E-state index is 0.000226. The van der Waals surface area contributed by atoms with Crippen molar-refractivity contribution in [2.45, 2.75) is 244 Å². The molecule has 19 rings (SSSR count). The Morgan fingerprint density at radius 2 is 0.583 bits per heavy atom. The summed E-state index contributed by atoms with van der Waals surface area (Å²) in [6.07, 6.45) is 11.3. The van der Waals surface area contributed by atoms with Crippen LogP contribution in [0.3, 0.4) is 0 Å². The molecular formula is C117H141N10+5. The summed E-state index contributed by atoms with van der Waals surface area (Å²) in [4.78, 5) is 0. The van der Waals surface area contributed by atoms with Gasteiger partial charge in [-0.2, -0.15) is 0 Å². The second-order valence-electron chi connectivity index (χ2n) is 41.6. The molecule has 0 amide bonds. The van der Waals surface area contributed by atoms with Crippen molar-refractivity contribution < 1.29 is 27.5 Å². The summed E-state index contributed by atoms with van der Waals surface area (Å²) in [6.45, 7) is 62.1. The molecule has 4 aliphatic rings. The van der Waals surface area contributed by atoms with Crippen LogP contribution < -0.4 is 23.4 Å². The maximum absolute atomic E-state index is 7.96. The van der Waals surface area contributed by atoms with Crippen molar-refractivity contribution in [2.75, 3.05) is 0 Å². The highest BCUT2D eigenvalue weighted by atomic mass is 15.4. The fourth-order valence-electron chi connectivity index (χ4n) is 21.9. The maximum atomic E-state index is 7.96. The van der Waals surface area contributed by atoms with Gasteiger partial charge in [-0.05, 0) is 214 Å². The highest BCUT2D eigenvalue weighted by Crippen LogP contribution is 2.57. The molecule has 0 saturated carbocycles. The predicted octanol–water partition coefficient (Wildman–Crippen LogP) is 25.1. The minimum atomic E-state index is -2.16. The standard InChI is InChI=1S/C27H29N2.2C25H31N2.C23H27N2.C17H23N2/c1-18-14-19(2)16-23(15-18)27-24(26-21(4)11-9-12-22(26)5)17-29(28(27)6)25-13-8-7-10-20(25)3;2*1-16-11-9-12-17(2)21(16)19-15-26(8)27-22-18(3)13-10-14-20(22)24(4,5)25(6,7)23(19)27;1-16-11-10-14-19-20(16)25-21(23(4,5)22(19,2)3)18(15-24(25)6)17-12-8-7-9-13-17;1-12-8-7-9-13-15(12)19-14(10-11-18(19)6)17(4,5)16(13,2)3/h7-17H,1-6H3;2*9-15H,1-8H3;7-15H,1-6H3;7-11H,1-6H3/q5*+1/i1D3;;;;. The van der Waals surface area contributed by atoms with E-state index in [0.29, 0.717) is 5.56 Å². The maximum Gasteiger partial charge on any atom is 0.246 e. The first-order valence-corrected chi connectivity index (χ1v) is 45.7. The number of fused-ring (bicyclic) bond motifs is 12. The molecule has 15 aromatic rings. The number of rotatable bonds is 6. The van der Waals surface area contributed by atoms with E-state index in [-0.39, 0.29) is 43.3 Å². The van der Waals surface area contributed by atoms with Crippen LogP contribution in [0.15, 0.2) is 237 Å². The molecule has 0 aliphatic carbocycles. The van der Waals surface area contributed by atoms with Crippen LogP contribution in [0.25, 0.3) is 84.2 Å². The minimum Gasteiger partial charge on any atom is -0.127 e. The number of hydrogen-bond donors (Lipinski definition) is 0. The van der Waals surface area contributed by atoms with E-state index in [2.05, 4.69) is 475 Å². The summed E-state index contributed by atoms with van der Waals surface area (Å²) >= 11 is 0. The third kappa shape index (κ3) is 14.2. The van der Waals surface area contributed by atoms with Gasteiger partial charge in [-0.3, -0.25) is 0 Å². The lowest BCUT2D eigenvalue weighted by Gasteiger charge is -2.46. The SMILES string of the molecule is Cc1cccc(C)c1-c1c[n+](C)n2c1C(C)(C)C(C)(C)c1cccc(C)c1-2.Cc1cccc(C)c1-c1c[n+](C)n2c1C(C)(C)C(C)(C)c1cccc(C)c1-2.Cc1cccc2c1-n1c(c(-c3ccccc3)c[n+]1C)C(C)(C)C2(C)C.Cc1cccc2c1-n1c(cc[n+]1C)C(C)(C)C2(C)C.[2H]C([2H])([2H])c1cc(C)cc(-c2c(-c3c(C)cccc3C)cn(-c3ccccc3C)[n+]2C)c1. The number of nitrogens with zero attached hydrogens (tertiary/aromatic N) is 10. The average Bonchev–Trinajstić information content (AvgIpc) is 1.49. The number of aromatic nitrogens is 10. The van der Waals surface area contributed by atoms with Crippen molar-refractivity contribution in [1.29, 1.82) is 0 Å². The Hall–Kier alpha value is -11.8. The van der Waals surface area contributed by atoms with Gasteiger partial charge in [-0.25, -0.2) is 0 Å². The van der Waals surface area contributed by atoms with Gasteiger partial charge in [0.1, 0.15) is 45.5 Å². The number of para-hydroxylation sites is 5. The smallest absolute Gasteiger partial charge is 0.127 e. The molecule has 0 unspecified atom stereocenters. The van der Waals surface area contributed by atoms with Gasteiger partial charge in [-0.15, -0.1) is 46.8 Å². The normalized spacial score (nSPS) is 16.3. The van der Waals surface area contributed by atoms with Gasteiger partial charge < -0.3 is 0 Å². The Kier molecular flexibility index (Phi) is 21.8. The quantitative estimate of drug-likeness (QED) is 0.149. The molecule has 0 bridgehead atoms. The first-order valence-electron chi connectivity index (χ1n) is 47.2. The summed E-state index contributed by atoms with van der Waals surface area (Å²) in [5.74, 6) is 0. The molecule has 0 atom stereocenters. The largest absolute Gasteiger partial charge is 0.246 e. The molecular weight excluding hydrogens is 1550 g/mol. The zero-order valence-corrected chi connectivity index (χ0v) is 82.5. The fraction of sp³-hybridized carbons (Fsp3) is 0.359. The van der Waals surface area contributed by atoms with Gasteiger partial charge in [-0.1, -0.05) is 304 Å². The van der Waals surface area contributed by atoms with E-state index in [9.17, 15) is 0 Å². The highest BCUT2D eigenvalue weighted by molar-refractivity contribution is 5.84. The molecule has 5 aromatic heterocycles. The summed E-state index contributed by atoms with van der Waals surface area (Å²) < 4.78 is 46.9. The molecule has 10 nitrogen and oxygen atoms in total. The Morgan fingerprint density at radius 3 is 0.969 bits per heavy atom. The molecule has 0 fully saturated rings. The monoisotopic (exact) mass is 1690 g/mol. The Morgan fingerprint density at radius 1 is 0.268 bits per heavy atom. The van der Waals surface area contributed by atoms with E-state index in [0.717, 1.165) is 28.1 Å². The van der Waals surface area contributed by atoms with Crippen molar-refractivity contribution >= 4 is 0 Å². The third-order valence-corrected chi connectivity index (χ3v) is 31.6. The molecule has 4 aliphatic heterocycles. The summed E-state index contributed by atoms with van der Waals surface area (Å²) in [5, 5.41) is 0. The first-order chi connectivity index (χ1) is 60.8. The lowest BCUT2D eigenvalue weighted by Crippen LogP contribution is -2.51. The van der Waals surface area contributed by atoms with E-state index in [1.165, 1.54) is 168 Å². The van der Waals surface area contributed by atoms with Crippen molar-refractivity contribution in [3.8, 4) is 84.2 Å². The van der Waals surface area contributed by atoms with E-state index >= 15 is 0 Å². The van der Waals surface area contributed by atoms with Crippen molar-refractivity contribution in [3.05, 3.63) is 355 Å². The molecule has 10 heteroatoms. The van der Waals surface area contributed by atoms with Crippen molar-refractivity contribution in [3.63, 3.8) is 0 Å². The fourth-order valence-corrected chi connectivity index (χ4v) is 21.9. The van der Waals surface area contributed by atoms with E-state index < -0.39 is 6.85 Å². The Bertz CT molecular complexity index is 6740. The Labute approximate surface area is 764 Å². The van der Waals surface area contributed by atoms with Gasteiger partial charge in [0.2, 0.25) is 24.3 Å². The molecule has 0 spiro atoms. The van der Waals surface area contributed by atoms with E-state index in [1.54, 1.807) is 6.07 Å². The molecule has 0 N–H and O–H groups in total. The second kappa shape index (κ2) is 32.2. The van der Waals surface area contributed by atoms with Crippen molar-refractivity contribution in [1.82, 2.24) is 23.4 Å². The molecule has 10 aromatic carbocycles. The molecule has 654 valence electrons. The van der Waals surface area contributed by atoms with Gasteiger partial charge in [0.05, 0.1) is 34.1 Å².